The molecule has 4 aromatic rings. The highest BCUT2D eigenvalue weighted by Crippen LogP contribution is 2.33. The van der Waals surface area contributed by atoms with Gasteiger partial charge in [-0.25, -0.2) is 8.42 Å². The Labute approximate surface area is 167 Å². The van der Waals surface area contributed by atoms with Crippen LogP contribution in [0.15, 0.2) is 68.7 Å². The summed E-state index contributed by atoms with van der Waals surface area (Å²) in [5.41, 5.74) is 2.85. The van der Waals surface area contributed by atoms with Crippen LogP contribution in [-0.2, 0) is 14.8 Å². The molecule has 0 saturated carbocycles. The summed E-state index contributed by atoms with van der Waals surface area (Å²) in [7, 11) is -4.03. The molecule has 150 valence electrons. The summed E-state index contributed by atoms with van der Waals surface area (Å²) >= 11 is 0. The number of aliphatic carboxylic acids is 1. The smallest absolute Gasteiger partial charge is 0.322 e. The van der Waals surface area contributed by atoms with Crippen LogP contribution in [0.1, 0.15) is 13.8 Å². The molecule has 0 bridgehead atoms. The van der Waals surface area contributed by atoms with E-state index in [0.29, 0.717) is 11.2 Å². The Bertz CT molecular complexity index is 1300. The maximum absolute atomic E-state index is 12.7. The summed E-state index contributed by atoms with van der Waals surface area (Å²) in [6, 6.07) is 10.9. The Kier molecular flexibility index (Phi) is 4.68. The molecule has 2 N–H and O–H groups in total. The van der Waals surface area contributed by atoms with Crippen LogP contribution in [0, 0.1) is 5.92 Å². The second-order valence-electron chi connectivity index (χ2n) is 7.16. The molecule has 2 aromatic carbocycles. The maximum Gasteiger partial charge on any atom is 0.322 e. The monoisotopic (exact) mass is 413 g/mol. The van der Waals surface area contributed by atoms with Crippen molar-refractivity contribution in [1.82, 2.24) is 4.72 Å². The summed E-state index contributed by atoms with van der Waals surface area (Å²) in [5, 5.41) is 10.9. The van der Waals surface area contributed by atoms with Crippen molar-refractivity contribution in [2.24, 2.45) is 5.92 Å². The molecule has 7 nitrogen and oxygen atoms in total. The van der Waals surface area contributed by atoms with Gasteiger partial charge in [-0.2, -0.15) is 4.72 Å². The zero-order chi connectivity index (χ0) is 20.8. The number of furan rings is 2. The number of carboxylic acids is 1. The van der Waals surface area contributed by atoms with Crippen molar-refractivity contribution in [3.8, 4) is 11.1 Å². The largest absolute Gasteiger partial charge is 0.480 e. The molecule has 0 spiro atoms. The summed E-state index contributed by atoms with van der Waals surface area (Å²) in [5.74, 6) is -1.63. The lowest BCUT2D eigenvalue weighted by Crippen LogP contribution is -2.44. The first-order valence-electron chi connectivity index (χ1n) is 9.00. The molecule has 1 atom stereocenters. The number of carboxylic acid groups (broad SMARTS) is 1. The summed E-state index contributed by atoms with van der Waals surface area (Å²) in [6.07, 6.45) is 3.22. The predicted octanol–water partition coefficient (Wildman–Crippen LogP) is 4.23. The number of hydrogen-bond donors (Lipinski definition) is 2. The average molecular weight is 413 g/mol. The second kappa shape index (κ2) is 7.06. The summed E-state index contributed by atoms with van der Waals surface area (Å²) in [6.45, 7) is 3.28. The summed E-state index contributed by atoms with van der Waals surface area (Å²) in [4.78, 5) is 11.3. The van der Waals surface area contributed by atoms with Gasteiger partial charge >= 0.3 is 5.97 Å². The number of sulfonamides is 1. The molecule has 0 aliphatic carbocycles. The van der Waals surface area contributed by atoms with Crippen molar-refractivity contribution >= 4 is 37.9 Å². The van der Waals surface area contributed by atoms with Crippen LogP contribution in [0.2, 0.25) is 0 Å². The number of benzene rings is 2. The van der Waals surface area contributed by atoms with Gasteiger partial charge in [0.1, 0.15) is 17.2 Å². The number of fused-ring (bicyclic) bond motifs is 3. The fraction of sp³-hybridized carbons (Fsp3) is 0.190. The predicted molar refractivity (Wildman–Crippen MR) is 108 cm³/mol. The Balaban J connectivity index is 1.75. The van der Waals surface area contributed by atoms with Crippen molar-refractivity contribution in [2.75, 3.05) is 0 Å². The SMILES string of the molecule is CC(C)[C@H](NS(=O)(=O)c1ccc2c(c1)oc1cc(-c3ccoc3)ccc12)C(=O)O. The van der Waals surface area contributed by atoms with Crippen LogP contribution >= 0.6 is 0 Å². The number of carbonyl (C=O) groups is 1. The lowest BCUT2D eigenvalue weighted by molar-refractivity contribution is -0.140. The third kappa shape index (κ3) is 3.52. The maximum atomic E-state index is 12.7. The number of hydrogen-bond acceptors (Lipinski definition) is 5. The van der Waals surface area contributed by atoms with Gasteiger partial charge in [0.05, 0.1) is 17.4 Å². The average Bonchev–Trinajstić information content (AvgIpc) is 3.32. The van der Waals surface area contributed by atoms with Crippen molar-refractivity contribution < 1.29 is 27.2 Å². The molecule has 4 rings (SSSR count). The fourth-order valence-corrected chi connectivity index (χ4v) is 4.59. The van der Waals surface area contributed by atoms with Crippen LogP contribution in [0.4, 0.5) is 0 Å². The first-order valence-corrected chi connectivity index (χ1v) is 10.5. The molecule has 0 aliphatic heterocycles. The van der Waals surface area contributed by atoms with E-state index >= 15 is 0 Å². The van der Waals surface area contributed by atoms with E-state index in [1.54, 1.807) is 32.4 Å². The first-order chi connectivity index (χ1) is 13.8. The summed E-state index contributed by atoms with van der Waals surface area (Å²) < 4.78 is 38.6. The van der Waals surface area contributed by atoms with Gasteiger partial charge in [0.2, 0.25) is 10.0 Å². The molecule has 0 fully saturated rings. The van der Waals surface area contributed by atoms with Crippen molar-refractivity contribution in [3.05, 3.63) is 55.0 Å². The lowest BCUT2D eigenvalue weighted by atomic mass is 10.1. The van der Waals surface area contributed by atoms with E-state index in [1.807, 2.05) is 24.3 Å². The van der Waals surface area contributed by atoms with Gasteiger partial charge in [-0.05, 0) is 41.8 Å². The van der Waals surface area contributed by atoms with E-state index < -0.39 is 28.0 Å². The first kappa shape index (κ1) is 19.2. The van der Waals surface area contributed by atoms with Gasteiger partial charge in [-0.15, -0.1) is 0 Å². The zero-order valence-corrected chi connectivity index (χ0v) is 16.6. The quantitative estimate of drug-likeness (QED) is 0.489. The van der Waals surface area contributed by atoms with E-state index in [9.17, 15) is 18.3 Å². The standard InChI is InChI=1S/C21H19NO6S/c1-12(2)20(21(23)24)22-29(25,26)15-4-6-17-16-5-3-13(14-7-8-27-11-14)9-18(16)28-19(17)10-15/h3-12,20,22H,1-2H3,(H,23,24)/t20-/m0/s1. The Morgan fingerprint density at radius 1 is 1.00 bits per heavy atom. The molecule has 2 heterocycles. The van der Waals surface area contributed by atoms with E-state index in [4.69, 9.17) is 8.83 Å². The van der Waals surface area contributed by atoms with Gasteiger partial charge in [0.25, 0.3) is 0 Å². The second-order valence-corrected chi connectivity index (χ2v) is 8.88. The highest BCUT2D eigenvalue weighted by molar-refractivity contribution is 7.89. The highest BCUT2D eigenvalue weighted by atomic mass is 32.2. The molecule has 0 radical (unpaired) electrons. The van der Waals surface area contributed by atoms with Crippen LogP contribution in [0.5, 0.6) is 0 Å². The zero-order valence-electron chi connectivity index (χ0n) is 15.7. The van der Waals surface area contributed by atoms with E-state index in [-0.39, 0.29) is 4.90 Å². The fourth-order valence-electron chi connectivity index (χ4n) is 3.24. The lowest BCUT2D eigenvalue weighted by Gasteiger charge is -2.17. The van der Waals surface area contributed by atoms with Gasteiger partial charge in [0, 0.05) is 22.4 Å². The highest BCUT2D eigenvalue weighted by Gasteiger charge is 2.28. The number of nitrogens with one attached hydrogen (secondary N) is 1. The third-order valence-electron chi connectivity index (χ3n) is 4.82. The minimum atomic E-state index is -4.03. The van der Waals surface area contributed by atoms with Gasteiger partial charge in [0.15, 0.2) is 0 Å². The van der Waals surface area contributed by atoms with Crippen LogP contribution in [0.25, 0.3) is 33.1 Å². The third-order valence-corrected chi connectivity index (χ3v) is 6.26. The topological polar surface area (TPSA) is 110 Å². The Morgan fingerprint density at radius 2 is 1.69 bits per heavy atom. The van der Waals surface area contributed by atoms with Gasteiger partial charge < -0.3 is 13.9 Å². The van der Waals surface area contributed by atoms with Gasteiger partial charge in [-0.3, -0.25) is 4.79 Å². The molecule has 0 unspecified atom stereocenters. The van der Waals surface area contributed by atoms with Crippen LogP contribution < -0.4 is 4.72 Å². The molecule has 0 aliphatic rings. The molecule has 2 aromatic heterocycles. The molecule has 0 saturated heterocycles. The molecule has 29 heavy (non-hydrogen) atoms. The molecule has 0 amide bonds. The van der Waals surface area contributed by atoms with E-state index in [0.717, 1.165) is 21.9 Å². The molecule has 8 heteroatoms. The molecular formula is C21H19NO6S. The molecular weight excluding hydrogens is 394 g/mol. The Hall–Kier alpha value is -3.10. The van der Waals surface area contributed by atoms with E-state index in [1.165, 1.54) is 12.1 Å². The minimum absolute atomic E-state index is 0.0500. The van der Waals surface area contributed by atoms with Crippen LogP contribution in [-0.4, -0.2) is 25.5 Å². The van der Waals surface area contributed by atoms with Crippen LogP contribution in [0.3, 0.4) is 0 Å². The van der Waals surface area contributed by atoms with Crippen molar-refractivity contribution in [2.45, 2.75) is 24.8 Å². The normalized spacial score (nSPS) is 13.3. The minimum Gasteiger partial charge on any atom is -0.480 e. The number of rotatable bonds is 6. The van der Waals surface area contributed by atoms with Gasteiger partial charge in [-0.1, -0.05) is 19.9 Å². The Morgan fingerprint density at radius 3 is 2.31 bits per heavy atom. The van der Waals surface area contributed by atoms with E-state index in [2.05, 4.69) is 4.72 Å². The van der Waals surface area contributed by atoms with Crippen molar-refractivity contribution in [3.63, 3.8) is 0 Å². The van der Waals surface area contributed by atoms with Crippen molar-refractivity contribution in [1.29, 1.82) is 0 Å².